The van der Waals surface area contributed by atoms with Crippen LogP contribution in [0.3, 0.4) is 0 Å². The number of hydrogen-bond donors (Lipinski definition) is 1. The lowest BCUT2D eigenvalue weighted by molar-refractivity contribution is 0.156. The number of aryl methyl sites for hydroxylation is 1. The van der Waals surface area contributed by atoms with Crippen LogP contribution in [0.4, 0.5) is 0 Å². The van der Waals surface area contributed by atoms with Crippen molar-refractivity contribution < 1.29 is 9.47 Å². The smallest absolute Gasteiger partial charge is 0.194 e. The molecule has 5 nitrogen and oxygen atoms in total. The summed E-state index contributed by atoms with van der Waals surface area (Å²) in [6.07, 6.45) is 2.39. The number of ether oxygens (including phenoxy) is 2. The second-order valence-electron chi connectivity index (χ2n) is 6.87. The molecule has 24 heavy (non-hydrogen) atoms. The summed E-state index contributed by atoms with van der Waals surface area (Å²) in [5.74, 6) is 1.91. The van der Waals surface area contributed by atoms with Crippen LogP contribution in [0.15, 0.2) is 29.3 Å². The maximum Gasteiger partial charge on any atom is 0.194 e. The Morgan fingerprint density at radius 3 is 2.88 bits per heavy atom. The van der Waals surface area contributed by atoms with Crippen LogP contribution in [0.2, 0.25) is 0 Å². The van der Waals surface area contributed by atoms with E-state index >= 15 is 0 Å². The molecule has 132 valence electrons. The average Bonchev–Trinajstić information content (AvgIpc) is 3.22. The van der Waals surface area contributed by atoms with E-state index in [1.165, 1.54) is 18.4 Å². The molecule has 0 aromatic heterocycles. The SMILES string of the molecule is CCNC(=NCCOc1ccc(C)cc1)N1CCC2(CCOC2)C1. The van der Waals surface area contributed by atoms with Gasteiger partial charge in [0.05, 0.1) is 13.2 Å². The van der Waals surface area contributed by atoms with Crippen LogP contribution in [0.25, 0.3) is 0 Å². The van der Waals surface area contributed by atoms with Crippen molar-refractivity contribution in [2.75, 3.05) is 46.0 Å². The molecular weight excluding hydrogens is 302 g/mol. The second kappa shape index (κ2) is 7.88. The molecule has 0 aliphatic carbocycles. The highest BCUT2D eigenvalue weighted by Crippen LogP contribution is 2.38. The van der Waals surface area contributed by atoms with Gasteiger partial charge in [-0.05, 0) is 38.8 Å². The predicted octanol–water partition coefficient (Wildman–Crippen LogP) is 2.45. The molecule has 5 heteroatoms. The fraction of sp³-hybridized carbons (Fsp3) is 0.632. The Hall–Kier alpha value is -1.75. The van der Waals surface area contributed by atoms with Gasteiger partial charge < -0.3 is 19.7 Å². The Morgan fingerprint density at radius 1 is 1.33 bits per heavy atom. The van der Waals surface area contributed by atoms with Crippen LogP contribution in [-0.2, 0) is 4.74 Å². The van der Waals surface area contributed by atoms with Crippen LogP contribution >= 0.6 is 0 Å². The number of hydrogen-bond acceptors (Lipinski definition) is 3. The van der Waals surface area contributed by atoms with Gasteiger partial charge >= 0.3 is 0 Å². The third-order valence-electron chi connectivity index (χ3n) is 4.90. The lowest BCUT2D eigenvalue weighted by Gasteiger charge is -2.25. The third-order valence-corrected chi connectivity index (χ3v) is 4.90. The van der Waals surface area contributed by atoms with Gasteiger partial charge in [-0.1, -0.05) is 17.7 Å². The highest BCUT2D eigenvalue weighted by molar-refractivity contribution is 5.80. The Kier molecular flexibility index (Phi) is 5.61. The van der Waals surface area contributed by atoms with Gasteiger partial charge in [-0.2, -0.15) is 0 Å². The van der Waals surface area contributed by atoms with Gasteiger partial charge in [0.2, 0.25) is 0 Å². The van der Waals surface area contributed by atoms with E-state index in [0.29, 0.717) is 18.6 Å². The molecule has 1 N–H and O–H groups in total. The van der Waals surface area contributed by atoms with Crippen molar-refractivity contribution >= 4 is 5.96 Å². The number of rotatable bonds is 5. The fourth-order valence-corrected chi connectivity index (χ4v) is 3.46. The summed E-state index contributed by atoms with van der Waals surface area (Å²) in [4.78, 5) is 7.13. The maximum absolute atomic E-state index is 5.77. The molecule has 2 aliphatic rings. The maximum atomic E-state index is 5.77. The summed E-state index contributed by atoms with van der Waals surface area (Å²) < 4.78 is 11.4. The van der Waals surface area contributed by atoms with Crippen molar-refractivity contribution in [2.45, 2.75) is 26.7 Å². The highest BCUT2D eigenvalue weighted by Gasteiger charge is 2.42. The monoisotopic (exact) mass is 331 g/mol. The number of nitrogens with zero attached hydrogens (tertiary/aromatic N) is 2. The zero-order valence-electron chi connectivity index (χ0n) is 14.9. The second-order valence-corrected chi connectivity index (χ2v) is 6.87. The Morgan fingerprint density at radius 2 is 2.17 bits per heavy atom. The van der Waals surface area contributed by atoms with Crippen LogP contribution in [0.5, 0.6) is 5.75 Å². The summed E-state index contributed by atoms with van der Waals surface area (Å²) >= 11 is 0. The summed E-state index contributed by atoms with van der Waals surface area (Å²) in [5.41, 5.74) is 1.60. The van der Waals surface area contributed by atoms with Crippen molar-refractivity contribution in [2.24, 2.45) is 10.4 Å². The molecule has 0 saturated carbocycles. The summed E-state index contributed by atoms with van der Waals surface area (Å²) in [6.45, 7) is 10.3. The quantitative estimate of drug-likeness (QED) is 0.511. The van der Waals surface area contributed by atoms with Gasteiger partial charge in [-0.3, -0.25) is 0 Å². The number of guanidine groups is 1. The number of benzene rings is 1. The average molecular weight is 331 g/mol. The molecule has 2 saturated heterocycles. The Balaban J connectivity index is 1.51. The lowest BCUT2D eigenvalue weighted by atomic mass is 9.87. The minimum absolute atomic E-state index is 0.356. The Bertz CT molecular complexity index is 550. The molecule has 1 aromatic carbocycles. The standard InChI is InChI=1S/C19H29N3O2/c1-3-20-18(22-11-8-19(14-22)9-12-23-15-19)21-10-13-24-17-6-4-16(2)5-7-17/h4-7H,3,8-15H2,1-2H3,(H,20,21). The van der Waals surface area contributed by atoms with Crippen LogP contribution < -0.4 is 10.1 Å². The third kappa shape index (κ3) is 4.20. The molecule has 0 radical (unpaired) electrons. The molecular formula is C19H29N3O2. The summed E-state index contributed by atoms with van der Waals surface area (Å²) in [5, 5.41) is 3.42. The van der Waals surface area contributed by atoms with Crippen LogP contribution in [-0.4, -0.2) is 56.9 Å². The molecule has 2 aliphatic heterocycles. The van der Waals surface area contributed by atoms with E-state index in [0.717, 1.165) is 44.6 Å². The van der Waals surface area contributed by atoms with Crippen molar-refractivity contribution in [3.05, 3.63) is 29.8 Å². The Labute approximate surface area is 145 Å². The number of likely N-dealkylation sites (tertiary alicyclic amines) is 1. The fourth-order valence-electron chi connectivity index (χ4n) is 3.46. The van der Waals surface area contributed by atoms with Gasteiger partial charge in [-0.15, -0.1) is 0 Å². The van der Waals surface area contributed by atoms with Crippen molar-refractivity contribution in [3.63, 3.8) is 0 Å². The van der Waals surface area contributed by atoms with Crippen molar-refractivity contribution in [1.82, 2.24) is 10.2 Å². The molecule has 0 bridgehead atoms. The number of nitrogens with one attached hydrogen (secondary N) is 1. The molecule has 1 spiro atoms. The molecule has 0 amide bonds. The first-order valence-corrected chi connectivity index (χ1v) is 9.01. The number of aliphatic imine (C=N–C) groups is 1. The van der Waals surface area contributed by atoms with E-state index in [2.05, 4.69) is 36.2 Å². The van der Waals surface area contributed by atoms with E-state index in [-0.39, 0.29) is 0 Å². The van der Waals surface area contributed by atoms with E-state index in [4.69, 9.17) is 14.5 Å². The first-order valence-electron chi connectivity index (χ1n) is 9.01. The summed E-state index contributed by atoms with van der Waals surface area (Å²) in [7, 11) is 0. The van der Waals surface area contributed by atoms with Gasteiger partial charge in [0.1, 0.15) is 12.4 Å². The van der Waals surface area contributed by atoms with Crippen molar-refractivity contribution in [1.29, 1.82) is 0 Å². The summed E-state index contributed by atoms with van der Waals surface area (Å²) in [6, 6.07) is 8.15. The van der Waals surface area contributed by atoms with Crippen LogP contribution in [0, 0.1) is 12.3 Å². The van der Waals surface area contributed by atoms with E-state index in [1.807, 2.05) is 12.1 Å². The molecule has 2 heterocycles. The normalized spacial score (nSPS) is 23.9. The zero-order chi connectivity index (χ0) is 16.8. The van der Waals surface area contributed by atoms with Gasteiger partial charge in [-0.25, -0.2) is 4.99 Å². The topological polar surface area (TPSA) is 46.1 Å². The lowest BCUT2D eigenvalue weighted by Crippen LogP contribution is -2.41. The minimum Gasteiger partial charge on any atom is -0.492 e. The first kappa shape index (κ1) is 17.1. The molecule has 1 aromatic rings. The minimum atomic E-state index is 0.356. The first-order chi connectivity index (χ1) is 11.7. The van der Waals surface area contributed by atoms with Gasteiger partial charge in [0.15, 0.2) is 5.96 Å². The van der Waals surface area contributed by atoms with E-state index < -0.39 is 0 Å². The van der Waals surface area contributed by atoms with E-state index in [9.17, 15) is 0 Å². The molecule has 3 rings (SSSR count). The molecule has 1 unspecified atom stereocenters. The van der Waals surface area contributed by atoms with Gasteiger partial charge in [0.25, 0.3) is 0 Å². The van der Waals surface area contributed by atoms with Gasteiger partial charge in [0, 0.05) is 31.7 Å². The largest absolute Gasteiger partial charge is 0.492 e. The van der Waals surface area contributed by atoms with E-state index in [1.54, 1.807) is 0 Å². The predicted molar refractivity (Wildman–Crippen MR) is 96.7 cm³/mol. The van der Waals surface area contributed by atoms with Crippen LogP contribution in [0.1, 0.15) is 25.3 Å². The zero-order valence-corrected chi connectivity index (χ0v) is 14.9. The highest BCUT2D eigenvalue weighted by atomic mass is 16.5. The van der Waals surface area contributed by atoms with Crippen molar-refractivity contribution in [3.8, 4) is 5.75 Å². The molecule has 1 atom stereocenters. The molecule has 2 fully saturated rings.